The zero-order chi connectivity index (χ0) is 15.4. The molecular weight excluding hydrogens is 288 g/mol. The Balaban J connectivity index is 2.07. The molecule has 0 saturated carbocycles. The lowest BCUT2D eigenvalue weighted by Crippen LogP contribution is -2.35. The second-order valence-electron chi connectivity index (χ2n) is 4.69. The number of hydrogen-bond donors (Lipinski definition) is 2. The van der Waals surface area contributed by atoms with Gasteiger partial charge in [-0.05, 0) is 29.1 Å². The van der Waals surface area contributed by atoms with Crippen LogP contribution in [0.3, 0.4) is 0 Å². The average molecular weight is 306 g/mol. The molecule has 2 rings (SSSR count). The van der Waals surface area contributed by atoms with Crippen molar-refractivity contribution in [2.75, 3.05) is 14.2 Å². The fraction of sp³-hybridized carbons (Fsp3) is 0.267. The summed E-state index contributed by atoms with van der Waals surface area (Å²) in [6.07, 6.45) is 0. The lowest BCUT2D eigenvalue weighted by Gasteiger charge is -2.21. The highest BCUT2D eigenvalue weighted by atomic mass is 32.1. The summed E-state index contributed by atoms with van der Waals surface area (Å²) in [5.74, 6) is 0.311. The largest absolute Gasteiger partial charge is 0.504 e. The summed E-state index contributed by atoms with van der Waals surface area (Å²) in [5.41, 5.74) is 6.83. The lowest BCUT2D eigenvalue weighted by atomic mass is 10.1. The molecule has 1 aromatic carbocycles. The van der Waals surface area contributed by atoms with Crippen LogP contribution < -0.4 is 10.5 Å². The van der Waals surface area contributed by atoms with Gasteiger partial charge in [-0.2, -0.15) is 0 Å². The number of rotatable bonds is 5. The minimum absolute atomic E-state index is 0.0746. The van der Waals surface area contributed by atoms with Crippen LogP contribution in [0.2, 0.25) is 0 Å². The van der Waals surface area contributed by atoms with E-state index < -0.39 is 6.04 Å². The van der Waals surface area contributed by atoms with Crippen LogP contribution in [-0.4, -0.2) is 30.1 Å². The SMILES string of the molecule is COc1cc(CN(C)C(=O)C(N)c2cccs2)ccc1O. The molecule has 21 heavy (non-hydrogen) atoms. The zero-order valence-electron chi connectivity index (χ0n) is 11.9. The Hall–Kier alpha value is -2.05. The summed E-state index contributed by atoms with van der Waals surface area (Å²) in [6, 6.07) is 8.08. The van der Waals surface area contributed by atoms with Gasteiger partial charge in [-0.3, -0.25) is 4.79 Å². The Morgan fingerprint density at radius 2 is 2.24 bits per heavy atom. The van der Waals surface area contributed by atoms with Gasteiger partial charge in [-0.25, -0.2) is 0 Å². The molecule has 0 spiro atoms. The van der Waals surface area contributed by atoms with Crippen molar-refractivity contribution in [1.82, 2.24) is 4.90 Å². The van der Waals surface area contributed by atoms with E-state index in [9.17, 15) is 9.90 Å². The van der Waals surface area contributed by atoms with E-state index in [1.54, 1.807) is 30.1 Å². The van der Waals surface area contributed by atoms with Crippen molar-refractivity contribution in [2.45, 2.75) is 12.6 Å². The summed E-state index contributed by atoms with van der Waals surface area (Å²) in [5, 5.41) is 11.5. The number of nitrogens with zero attached hydrogens (tertiary/aromatic N) is 1. The summed E-state index contributed by atoms with van der Waals surface area (Å²) in [4.78, 5) is 14.7. The van der Waals surface area contributed by atoms with Crippen LogP contribution in [0.25, 0.3) is 0 Å². The van der Waals surface area contributed by atoms with E-state index in [-0.39, 0.29) is 11.7 Å². The molecule has 2 aromatic rings. The molecule has 6 heteroatoms. The van der Waals surface area contributed by atoms with Gasteiger partial charge < -0.3 is 20.5 Å². The quantitative estimate of drug-likeness (QED) is 0.887. The van der Waals surface area contributed by atoms with Crippen molar-refractivity contribution < 1.29 is 14.6 Å². The monoisotopic (exact) mass is 306 g/mol. The van der Waals surface area contributed by atoms with Crippen LogP contribution in [0.1, 0.15) is 16.5 Å². The molecule has 0 aliphatic carbocycles. The third-order valence-corrected chi connectivity index (χ3v) is 4.11. The first-order chi connectivity index (χ1) is 10.0. The van der Waals surface area contributed by atoms with Gasteiger partial charge in [-0.1, -0.05) is 12.1 Å². The number of likely N-dealkylation sites (N-methyl/N-ethyl adjacent to an activating group) is 1. The second-order valence-corrected chi connectivity index (χ2v) is 5.67. The molecule has 1 aromatic heterocycles. The molecule has 1 unspecified atom stereocenters. The number of nitrogens with two attached hydrogens (primary N) is 1. The Morgan fingerprint density at radius 1 is 1.48 bits per heavy atom. The molecule has 3 N–H and O–H groups in total. The predicted octanol–water partition coefficient (Wildman–Crippen LogP) is 2.12. The number of carbonyl (C=O) groups excluding carboxylic acids is 1. The first-order valence-corrected chi connectivity index (χ1v) is 7.30. The van der Waals surface area contributed by atoms with Crippen molar-refractivity contribution >= 4 is 17.2 Å². The smallest absolute Gasteiger partial charge is 0.244 e. The molecule has 0 aliphatic rings. The Kier molecular flexibility index (Phi) is 4.82. The highest BCUT2D eigenvalue weighted by molar-refractivity contribution is 7.10. The number of methoxy groups -OCH3 is 1. The normalized spacial score (nSPS) is 12.0. The van der Waals surface area contributed by atoms with Crippen molar-refractivity contribution in [3.05, 3.63) is 46.2 Å². The van der Waals surface area contributed by atoms with Gasteiger partial charge in [0.05, 0.1) is 7.11 Å². The van der Waals surface area contributed by atoms with Crippen LogP contribution >= 0.6 is 11.3 Å². The maximum Gasteiger partial charge on any atom is 0.244 e. The average Bonchev–Trinajstić information content (AvgIpc) is 3.01. The molecule has 1 heterocycles. The second kappa shape index (κ2) is 6.60. The number of amides is 1. The number of ether oxygens (including phenoxy) is 1. The molecule has 1 atom stereocenters. The third kappa shape index (κ3) is 3.53. The topological polar surface area (TPSA) is 75.8 Å². The van der Waals surface area contributed by atoms with Gasteiger partial charge in [0.25, 0.3) is 0 Å². The van der Waals surface area contributed by atoms with Gasteiger partial charge in [0.1, 0.15) is 6.04 Å². The van der Waals surface area contributed by atoms with Gasteiger partial charge in [0, 0.05) is 18.5 Å². The Bertz CT molecular complexity index is 613. The molecule has 0 saturated heterocycles. The number of phenols is 1. The van der Waals surface area contributed by atoms with Gasteiger partial charge >= 0.3 is 0 Å². The number of aromatic hydroxyl groups is 1. The van der Waals surface area contributed by atoms with Gasteiger partial charge in [0.2, 0.25) is 5.91 Å². The highest BCUT2D eigenvalue weighted by Gasteiger charge is 2.21. The molecule has 0 radical (unpaired) electrons. The van der Waals surface area contributed by atoms with E-state index in [2.05, 4.69) is 0 Å². The molecular formula is C15H18N2O3S. The van der Waals surface area contributed by atoms with E-state index in [0.717, 1.165) is 10.4 Å². The number of carbonyl (C=O) groups is 1. The zero-order valence-corrected chi connectivity index (χ0v) is 12.8. The predicted molar refractivity (Wildman–Crippen MR) is 82.4 cm³/mol. The maximum absolute atomic E-state index is 12.3. The summed E-state index contributed by atoms with van der Waals surface area (Å²) in [7, 11) is 3.19. The minimum Gasteiger partial charge on any atom is -0.504 e. The molecule has 0 bridgehead atoms. The van der Waals surface area contributed by atoms with Crippen LogP contribution in [-0.2, 0) is 11.3 Å². The molecule has 5 nitrogen and oxygen atoms in total. The molecule has 0 fully saturated rings. The molecule has 112 valence electrons. The van der Waals surface area contributed by atoms with E-state index in [1.807, 2.05) is 17.5 Å². The van der Waals surface area contributed by atoms with Crippen molar-refractivity contribution in [2.24, 2.45) is 5.73 Å². The van der Waals surface area contributed by atoms with Crippen LogP contribution in [0.5, 0.6) is 11.5 Å². The first kappa shape index (κ1) is 15.3. The van der Waals surface area contributed by atoms with E-state index in [1.165, 1.54) is 18.4 Å². The summed E-state index contributed by atoms with van der Waals surface area (Å²) >= 11 is 1.47. The van der Waals surface area contributed by atoms with Gasteiger partial charge in [0.15, 0.2) is 11.5 Å². The van der Waals surface area contributed by atoms with Crippen molar-refractivity contribution in [1.29, 1.82) is 0 Å². The standard InChI is InChI=1S/C15H18N2O3S/c1-17(15(19)14(16)13-4-3-7-21-13)9-10-5-6-11(18)12(8-10)20-2/h3-8,14,18H,9,16H2,1-2H3. The third-order valence-electron chi connectivity index (χ3n) is 3.16. The Morgan fingerprint density at radius 3 is 2.86 bits per heavy atom. The van der Waals surface area contributed by atoms with Crippen LogP contribution in [0, 0.1) is 0 Å². The first-order valence-electron chi connectivity index (χ1n) is 6.42. The number of phenolic OH excluding ortho intramolecular Hbond substituents is 1. The van der Waals surface area contributed by atoms with E-state index >= 15 is 0 Å². The van der Waals surface area contributed by atoms with Crippen molar-refractivity contribution in [3.63, 3.8) is 0 Å². The number of thiophene rings is 1. The van der Waals surface area contributed by atoms with Crippen molar-refractivity contribution in [3.8, 4) is 11.5 Å². The number of benzene rings is 1. The fourth-order valence-electron chi connectivity index (χ4n) is 2.00. The Labute approximate surface area is 127 Å². The molecule has 0 aliphatic heterocycles. The fourth-order valence-corrected chi connectivity index (χ4v) is 2.72. The van der Waals surface area contributed by atoms with Crippen LogP contribution in [0.15, 0.2) is 35.7 Å². The van der Waals surface area contributed by atoms with Gasteiger partial charge in [-0.15, -0.1) is 11.3 Å². The van der Waals surface area contributed by atoms with E-state index in [4.69, 9.17) is 10.5 Å². The van der Waals surface area contributed by atoms with E-state index in [0.29, 0.717) is 12.3 Å². The lowest BCUT2D eigenvalue weighted by molar-refractivity contribution is -0.131. The molecule has 1 amide bonds. The number of hydrogen-bond acceptors (Lipinski definition) is 5. The summed E-state index contributed by atoms with van der Waals surface area (Å²) in [6.45, 7) is 0.397. The summed E-state index contributed by atoms with van der Waals surface area (Å²) < 4.78 is 5.06. The van der Waals surface area contributed by atoms with Crippen LogP contribution in [0.4, 0.5) is 0 Å². The highest BCUT2D eigenvalue weighted by Crippen LogP contribution is 2.27. The minimum atomic E-state index is -0.644. The maximum atomic E-state index is 12.3.